The fraction of sp³-hybridized carbons (Fsp3) is 0.692. The summed E-state index contributed by atoms with van der Waals surface area (Å²) in [6, 6.07) is -2.16. The smallest absolute Gasteiger partial charge is 0.326 e. The van der Waals surface area contributed by atoms with Gasteiger partial charge in [-0.25, -0.2) is 19.2 Å². The van der Waals surface area contributed by atoms with E-state index >= 15 is 4.39 Å². The van der Waals surface area contributed by atoms with Crippen molar-refractivity contribution in [2.24, 2.45) is 5.41 Å². The lowest BCUT2D eigenvalue weighted by Crippen LogP contribution is -2.56. The molecule has 1 aliphatic heterocycles. The molecule has 15 N–H and O–H groups in total. The second-order valence-electron chi connectivity index (χ2n) is 26.6. The summed E-state index contributed by atoms with van der Waals surface area (Å²) in [5, 5.41) is 94.7. The second-order valence-corrected chi connectivity index (χ2v) is 29.4. The van der Waals surface area contributed by atoms with Crippen molar-refractivity contribution in [1.82, 2.24) is 56.8 Å². The van der Waals surface area contributed by atoms with Gasteiger partial charge in [0.05, 0.1) is 30.5 Å². The van der Waals surface area contributed by atoms with Gasteiger partial charge >= 0.3 is 53.8 Å². The van der Waals surface area contributed by atoms with E-state index in [2.05, 4.69) is 37.2 Å². The van der Waals surface area contributed by atoms with Crippen molar-refractivity contribution < 1.29 is 112 Å². The summed E-state index contributed by atoms with van der Waals surface area (Å²) in [7, 11) is -0.924. The zero-order valence-corrected chi connectivity index (χ0v) is 58.9. The monoisotopic (exact) mass is 1440 g/mol. The van der Waals surface area contributed by atoms with Crippen molar-refractivity contribution in [1.29, 1.82) is 0 Å². The van der Waals surface area contributed by atoms with Crippen molar-refractivity contribution in [3.8, 4) is 0 Å². The van der Waals surface area contributed by atoms with Crippen LogP contribution in [-0.4, -0.2) is 276 Å². The third-order valence-corrected chi connectivity index (χ3v) is 19.3. The number of carbonyl (C=O) groups excluding carboxylic acids is 6. The predicted octanol–water partition coefficient (Wildman–Crippen LogP) is 1.67. The first-order valence-electron chi connectivity index (χ1n) is 33.5. The molecule has 0 saturated carbocycles. The Bertz CT molecular complexity index is 2850. The summed E-state index contributed by atoms with van der Waals surface area (Å²) in [5.74, 6) is -13.4. The minimum atomic E-state index is -1.64. The van der Waals surface area contributed by atoms with Crippen LogP contribution in [0.4, 0.5) is 9.18 Å². The number of aliphatic carboxylic acids is 8. The van der Waals surface area contributed by atoms with E-state index in [1.54, 1.807) is 32.9 Å². The number of rotatable bonds is 45. The van der Waals surface area contributed by atoms with E-state index < -0.39 is 167 Å². The van der Waals surface area contributed by atoms with Crippen molar-refractivity contribution in [2.45, 2.75) is 196 Å². The van der Waals surface area contributed by atoms with E-state index in [-0.39, 0.29) is 141 Å². The van der Waals surface area contributed by atoms with Crippen LogP contribution in [0, 0.1) is 5.41 Å². The predicted molar refractivity (Wildman–Crippen MR) is 362 cm³/mol. The van der Waals surface area contributed by atoms with Gasteiger partial charge in [0.25, 0.3) is 11.4 Å². The summed E-state index contributed by atoms with van der Waals surface area (Å²) >= 11 is 0. The number of carboxylic acids is 8. The molecule has 100 heavy (non-hydrogen) atoms. The maximum Gasteiger partial charge on any atom is 0.326 e. The molecule has 1 fully saturated rings. The normalized spacial score (nSPS) is 16.0. The fourth-order valence-electron chi connectivity index (χ4n) is 10.7. The molecule has 1 aliphatic rings. The number of hydrogen-bond donors (Lipinski definition) is 15. The number of halogens is 1. The molecule has 35 heteroatoms. The van der Waals surface area contributed by atoms with Crippen LogP contribution in [0.25, 0.3) is 0 Å². The summed E-state index contributed by atoms with van der Waals surface area (Å²) in [4.78, 5) is 181. The van der Waals surface area contributed by atoms with Crippen molar-refractivity contribution >= 4 is 94.2 Å². The van der Waals surface area contributed by atoms with E-state index in [9.17, 15) is 103 Å². The van der Waals surface area contributed by atoms with E-state index in [1.165, 1.54) is 31.7 Å². The molecular weight excluding hydrogens is 1340 g/mol. The van der Waals surface area contributed by atoms with Gasteiger partial charge < -0.3 is 78.1 Å². The molecule has 7 amide bonds. The van der Waals surface area contributed by atoms with Crippen molar-refractivity contribution in [3.05, 3.63) is 29.8 Å². The molecule has 1 heterocycles. The Balaban J connectivity index is 2.09. The van der Waals surface area contributed by atoms with E-state index in [4.69, 9.17) is 5.11 Å². The lowest BCUT2D eigenvalue weighted by Gasteiger charge is -2.35. The maximum absolute atomic E-state index is 16.0. The topological polar surface area (TPSA) is 498 Å². The largest absolute Gasteiger partial charge is 0.481 e. The molecule has 564 valence electrons. The highest BCUT2D eigenvalue weighted by atomic mass is 32.2. The molecule has 2 rings (SSSR count). The molecule has 0 aromatic heterocycles. The van der Waals surface area contributed by atoms with Gasteiger partial charge in [-0.2, -0.15) is 4.39 Å². The Labute approximate surface area is 584 Å². The molecule has 1 saturated heterocycles. The molecular formula is C65H105FN11O22S+. The average Bonchev–Trinajstić information content (AvgIpc) is 0.795. The molecule has 0 spiro atoms. The zero-order valence-electron chi connectivity index (χ0n) is 58.1. The Morgan fingerprint density at radius 3 is 1.25 bits per heavy atom. The van der Waals surface area contributed by atoms with Crippen LogP contribution in [0.2, 0.25) is 0 Å². The SMILES string of the molecule is CC(C)(C)[C@H](F)[S+](c1ccc(C(=O)NC[C@@H](NC(=O)CC[C@H](C(=O)O)N2CCN(CC(=O)O)CCN(CC(=O)O)CCN(CC(=O)O)CC2)C(=O)N[C@H](CCCCNC(=O)CCCCCCC(=O)NCCCC[C@H](NC(=O)N[C@@H](CCCC(=O)O)C(=O)O)C(=O)O)C(=O)O)cc1)C(C)(C)C. The quantitative estimate of drug-likeness (QED) is 0.0326. The molecule has 0 radical (unpaired) electrons. The number of carboxylic acid groups (broad SMARTS) is 8. The number of hydrogen-bond acceptors (Lipinski definition) is 18. The molecule has 1 aromatic carbocycles. The minimum absolute atomic E-state index is 0.0217. The summed E-state index contributed by atoms with van der Waals surface area (Å²) in [5.41, 5.74) is -1.84. The Hall–Kier alpha value is -8.28. The zero-order chi connectivity index (χ0) is 75.3. The number of alkyl halides is 1. The number of benzene rings is 1. The van der Waals surface area contributed by atoms with Crippen LogP contribution in [0.15, 0.2) is 29.2 Å². The van der Waals surface area contributed by atoms with Crippen LogP contribution in [0.1, 0.15) is 161 Å². The molecule has 1 unspecified atom stereocenters. The minimum Gasteiger partial charge on any atom is -0.481 e. The third-order valence-electron chi connectivity index (χ3n) is 16.1. The molecule has 33 nitrogen and oxygen atoms in total. The highest BCUT2D eigenvalue weighted by Gasteiger charge is 2.49. The standard InChI is InChI=1S/C65H104FN11O22S/c1-64(2,3)62(66)100(65(4,5)6)43-24-22-42(23-25-43)56(89)69-38-47(70-51(80)27-26-48(61(97)98)77-36-34-75(40-54(85)86)32-30-74(39-53(83)84)31-33-76(35-37-77)41-55(87)88)57(90)71-44(58(91)92)16-11-13-28-67-49(78)19-9-7-8-10-20-50(79)68-29-14-12-17-45(59(93)94)72-63(99)73-46(60(95)96)18-15-21-52(81)82/h22-25,44-48,62H,7-21,26-41H2,1-6H3,(H14-,67,68,69,70,71,72,73,78,79,80,81,82,83,84,85,86,87,88,89,90,91,92,93,94,95,96,97,98,99)/p+1/t44-,45+,46+,47-,48-,62-,100?/m1/s1. The maximum atomic E-state index is 16.0. The van der Waals surface area contributed by atoms with Gasteiger partial charge in [-0.05, 0) is 116 Å². The number of amides is 7. The van der Waals surface area contributed by atoms with Crippen LogP contribution < -0.4 is 37.2 Å². The van der Waals surface area contributed by atoms with Gasteiger partial charge in [0.1, 0.15) is 35.0 Å². The Morgan fingerprint density at radius 1 is 0.440 bits per heavy atom. The Kier molecular flexibility index (Phi) is 39.9. The number of nitrogens with zero attached hydrogens (tertiary/aromatic N) is 4. The van der Waals surface area contributed by atoms with Gasteiger partial charge in [-0.15, -0.1) is 0 Å². The summed E-state index contributed by atoms with van der Waals surface area (Å²) in [6.45, 7) is 9.62. The van der Waals surface area contributed by atoms with Crippen LogP contribution >= 0.6 is 0 Å². The van der Waals surface area contributed by atoms with Crippen molar-refractivity contribution in [3.63, 3.8) is 0 Å². The molecule has 1 aromatic rings. The van der Waals surface area contributed by atoms with Gasteiger partial charge in [0.15, 0.2) is 4.90 Å². The van der Waals surface area contributed by atoms with E-state index in [0.29, 0.717) is 43.4 Å². The lowest BCUT2D eigenvalue weighted by molar-refractivity contribution is -0.145. The first-order chi connectivity index (χ1) is 46.9. The Morgan fingerprint density at radius 2 is 0.860 bits per heavy atom. The summed E-state index contributed by atoms with van der Waals surface area (Å²) in [6.07, 6.45) is 2.14. The van der Waals surface area contributed by atoms with Gasteiger partial charge in [-0.3, -0.25) is 67.5 Å². The molecule has 7 atom stereocenters. The van der Waals surface area contributed by atoms with Crippen molar-refractivity contribution in [2.75, 3.05) is 91.6 Å². The van der Waals surface area contributed by atoms with Gasteiger partial charge in [0.2, 0.25) is 23.6 Å². The average molecular weight is 1440 g/mol. The molecule has 0 aliphatic carbocycles. The van der Waals surface area contributed by atoms with Gasteiger partial charge in [0, 0.05) is 109 Å². The van der Waals surface area contributed by atoms with Gasteiger partial charge in [-0.1, -0.05) is 33.6 Å². The summed E-state index contributed by atoms with van der Waals surface area (Å²) < 4.78 is 15.5. The number of unbranched alkanes of at least 4 members (excludes halogenated alkanes) is 5. The fourth-order valence-corrected chi connectivity index (χ4v) is 13.4. The number of urea groups is 1. The second kappa shape index (κ2) is 45.5. The first kappa shape index (κ1) is 87.8. The van der Waals surface area contributed by atoms with E-state index in [1.807, 2.05) is 20.8 Å². The molecule has 0 bridgehead atoms. The highest BCUT2D eigenvalue weighted by molar-refractivity contribution is 7.98. The van der Waals surface area contributed by atoms with Crippen LogP contribution in [-0.2, 0) is 68.4 Å². The van der Waals surface area contributed by atoms with E-state index in [0.717, 1.165) is 0 Å². The van der Waals surface area contributed by atoms with Crippen LogP contribution in [0.5, 0.6) is 0 Å². The highest BCUT2D eigenvalue weighted by Crippen LogP contribution is 2.40. The third kappa shape index (κ3) is 36.7. The lowest BCUT2D eigenvalue weighted by atomic mass is 9.99. The van der Waals surface area contributed by atoms with Crippen LogP contribution in [0.3, 0.4) is 0 Å². The number of carbonyl (C=O) groups is 14. The first-order valence-corrected chi connectivity index (χ1v) is 34.8. The number of nitrogens with one attached hydrogen (secondary N) is 7.